The van der Waals surface area contributed by atoms with E-state index in [0.717, 1.165) is 11.8 Å². The van der Waals surface area contributed by atoms with Gasteiger partial charge in [0.05, 0.1) is 4.90 Å². The third-order valence-corrected chi connectivity index (χ3v) is 6.54. The molecule has 1 aromatic carbocycles. The highest BCUT2D eigenvalue weighted by Crippen LogP contribution is 2.23. The molecule has 122 valence electrons. The minimum Gasteiger partial charge on any atom is -0.211 e. The summed E-state index contributed by atoms with van der Waals surface area (Å²) in [6.07, 6.45) is 1.51. The second-order valence-electron chi connectivity index (χ2n) is 5.24. The molecule has 1 aromatic rings. The highest BCUT2D eigenvalue weighted by Gasteiger charge is 2.30. The molecular formula is C14H20N2O4S2. The Morgan fingerprint density at radius 1 is 1.23 bits per heavy atom. The Balaban J connectivity index is 2.06. The van der Waals surface area contributed by atoms with Crippen LogP contribution < -0.4 is 4.72 Å². The molecule has 0 aromatic heterocycles. The number of benzene rings is 1. The molecule has 1 N–H and O–H groups in total. The van der Waals surface area contributed by atoms with Gasteiger partial charge in [0.1, 0.15) is 0 Å². The van der Waals surface area contributed by atoms with Gasteiger partial charge in [-0.2, -0.15) is 4.31 Å². The summed E-state index contributed by atoms with van der Waals surface area (Å²) in [7, 11) is -7.00. The molecule has 1 fully saturated rings. The third kappa shape index (κ3) is 4.16. The van der Waals surface area contributed by atoms with Crippen LogP contribution in [0.25, 0.3) is 0 Å². The van der Waals surface area contributed by atoms with Gasteiger partial charge in [-0.15, -0.1) is 0 Å². The van der Waals surface area contributed by atoms with Crippen molar-refractivity contribution in [1.82, 2.24) is 9.03 Å². The van der Waals surface area contributed by atoms with Gasteiger partial charge in [0.15, 0.2) is 0 Å². The van der Waals surface area contributed by atoms with Crippen molar-refractivity contribution in [1.29, 1.82) is 0 Å². The fourth-order valence-corrected chi connectivity index (χ4v) is 4.61. The monoisotopic (exact) mass is 344 g/mol. The predicted octanol–water partition coefficient (Wildman–Crippen LogP) is 1.15. The minimum atomic E-state index is -3.52. The summed E-state index contributed by atoms with van der Waals surface area (Å²) < 4.78 is 51.7. The number of rotatable bonds is 6. The summed E-state index contributed by atoms with van der Waals surface area (Å²) >= 11 is 0. The van der Waals surface area contributed by atoms with E-state index in [1.165, 1.54) is 4.31 Å². The SMILES string of the molecule is C=CS(=O)(=O)NC[C@H]1CCCN(S(=O)(=O)c2ccccc2)C1. The lowest BCUT2D eigenvalue weighted by molar-refractivity contribution is 0.267. The highest BCUT2D eigenvalue weighted by atomic mass is 32.2. The van der Waals surface area contributed by atoms with Crippen LogP contribution in [-0.4, -0.2) is 40.8 Å². The maximum Gasteiger partial charge on any atom is 0.243 e. The molecule has 1 atom stereocenters. The van der Waals surface area contributed by atoms with E-state index in [9.17, 15) is 16.8 Å². The molecule has 0 amide bonds. The number of nitrogens with one attached hydrogen (secondary N) is 1. The van der Waals surface area contributed by atoms with Crippen LogP contribution in [0.5, 0.6) is 0 Å². The van der Waals surface area contributed by atoms with E-state index < -0.39 is 20.0 Å². The minimum absolute atomic E-state index is 0.0398. The molecule has 0 spiro atoms. The molecule has 2 rings (SSSR count). The van der Waals surface area contributed by atoms with Crippen molar-refractivity contribution in [2.24, 2.45) is 5.92 Å². The Bertz CT molecular complexity index is 714. The van der Waals surface area contributed by atoms with Gasteiger partial charge < -0.3 is 0 Å². The van der Waals surface area contributed by atoms with Gasteiger partial charge in [-0.25, -0.2) is 21.6 Å². The van der Waals surface area contributed by atoms with E-state index in [-0.39, 0.29) is 17.4 Å². The van der Waals surface area contributed by atoms with Gasteiger partial charge in [-0.1, -0.05) is 24.8 Å². The fourth-order valence-electron chi connectivity index (χ4n) is 2.45. The zero-order chi connectivity index (χ0) is 16.2. The molecule has 1 heterocycles. The first-order valence-corrected chi connectivity index (χ1v) is 10.0. The van der Waals surface area contributed by atoms with Crippen molar-refractivity contribution in [2.75, 3.05) is 19.6 Å². The van der Waals surface area contributed by atoms with Gasteiger partial charge in [0, 0.05) is 25.0 Å². The number of hydrogen-bond donors (Lipinski definition) is 1. The largest absolute Gasteiger partial charge is 0.243 e. The van der Waals surface area contributed by atoms with Gasteiger partial charge in [0.25, 0.3) is 0 Å². The van der Waals surface area contributed by atoms with Crippen LogP contribution in [0, 0.1) is 5.92 Å². The third-order valence-electron chi connectivity index (χ3n) is 3.66. The molecule has 1 aliphatic rings. The van der Waals surface area contributed by atoms with Crippen molar-refractivity contribution in [3.8, 4) is 0 Å². The Kier molecular flexibility index (Phi) is 5.38. The van der Waals surface area contributed by atoms with Gasteiger partial charge in [0.2, 0.25) is 20.0 Å². The summed E-state index contributed by atoms with van der Waals surface area (Å²) in [6, 6.07) is 8.28. The molecule has 0 aliphatic carbocycles. The van der Waals surface area contributed by atoms with E-state index in [4.69, 9.17) is 0 Å². The Morgan fingerprint density at radius 2 is 1.91 bits per heavy atom. The van der Waals surface area contributed by atoms with Crippen LogP contribution in [-0.2, 0) is 20.0 Å². The average Bonchev–Trinajstić information content (AvgIpc) is 2.54. The van der Waals surface area contributed by atoms with Crippen LogP contribution in [0.4, 0.5) is 0 Å². The molecular weight excluding hydrogens is 324 g/mol. The summed E-state index contributed by atoms with van der Waals surface area (Å²) in [4.78, 5) is 0.266. The molecule has 0 radical (unpaired) electrons. The quantitative estimate of drug-likeness (QED) is 0.839. The molecule has 0 bridgehead atoms. The maximum absolute atomic E-state index is 12.6. The van der Waals surface area contributed by atoms with Crippen LogP contribution in [0.1, 0.15) is 12.8 Å². The van der Waals surface area contributed by atoms with E-state index in [2.05, 4.69) is 11.3 Å². The number of piperidine rings is 1. The molecule has 0 saturated carbocycles. The standard InChI is InChI=1S/C14H20N2O4S2/c1-2-21(17,18)15-11-13-7-6-10-16(12-13)22(19,20)14-8-4-3-5-9-14/h2-5,8-9,13,15H,1,6-7,10-12H2/t13-/m1/s1. The van der Waals surface area contributed by atoms with Gasteiger partial charge >= 0.3 is 0 Å². The Hall–Kier alpha value is -1.22. The van der Waals surface area contributed by atoms with Crippen LogP contribution in [0.15, 0.2) is 47.2 Å². The Labute approximate surface area is 131 Å². The first kappa shape index (κ1) is 17.1. The second kappa shape index (κ2) is 6.91. The van der Waals surface area contributed by atoms with Crippen LogP contribution in [0.2, 0.25) is 0 Å². The lowest BCUT2D eigenvalue weighted by atomic mass is 10.0. The topological polar surface area (TPSA) is 83.6 Å². The number of nitrogens with zero attached hydrogens (tertiary/aromatic N) is 1. The molecule has 6 nitrogen and oxygen atoms in total. The molecule has 1 saturated heterocycles. The van der Waals surface area contributed by atoms with Gasteiger partial charge in [-0.05, 0) is 30.9 Å². The van der Waals surface area contributed by atoms with E-state index in [0.29, 0.717) is 19.5 Å². The average molecular weight is 344 g/mol. The summed E-state index contributed by atoms with van der Waals surface area (Å²) in [5.41, 5.74) is 0. The summed E-state index contributed by atoms with van der Waals surface area (Å²) in [6.45, 7) is 4.23. The first-order valence-electron chi connectivity index (χ1n) is 7.02. The number of hydrogen-bond acceptors (Lipinski definition) is 4. The van der Waals surface area contributed by atoms with Crippen molar-refractivity contribution in [2.45, 2.75) is 17.7 Å². The molecule has 1 aliphatic heterocycles. The number of sulfonamides is 2. The smallest absolute Gasteiger partial charge is 0.211 e. The zero-order valence-electron chi connectivity index (χ0n) is 12.2. The van der Waals surface area contributed by atoms with Crippen molar-refractivity contribution in [3.63, 3.8) is 0 Å². The van der Waals surface area contributed by atoms with Crippen molar-refractivity contribution >= 4 is 20.0 Å². The van der Waals surface area contributed by atoms with E-state index >= 15 is 0 Å². The lowest BCUT2D eigenvalue weighted by Gasteiger charge is -2.31. The Morgan fingerprint density at radius 3 is 2.55 bits per heavy atom. The molecule has 0 unspecified atom stereocenters. The van der Waals surface area contributed by atoms with Crippen molar-refractivity contribution in [3.05, 3.63) is 42.3 Å². The van der Waals surface area contributed by atoms with Crippen LogP contribution >= 0.6 is 0 Å². The lowest BCUT2D eigenvalue weighted by Crippen LogP contribution is -2.43. The van der Waals surface area contributed by atoms with E-state index in [1.54, 1.807) is 30.3 Å². The normalized spacial score (nSPS) is 20.6. The highest BCUT2D eigenvalue weighted by molar-refractivity contribution is 7.92. The zero-order valence-corrected chi connectivity index (χ0v) is 13.8. The molecule has 22 heavy (non-hydrogen) atoms. The summed E-state index contributed by atoms with van der Waals surface area (Å²) in [5, 5.41) is 0.855. The van der Waals surface area contributed by atoms with E-state index in [1.807, 2.05) is 0 Å². The predicted molar refractivity (Wildman–Crippen MR) is 85.0 cm³/mol. The van der Waals surface area contributed by atoms with Gasteiger partial charge in [-0.3, -0.25) is 0 Å². The maximum atomic E-state index is 12.6. The van der Waals surface area contributed by atoms with Crippen LogP contribution in [0.3, 0.4) is 0 Å². The summed E-state index contributed by atoms with van der Waals surface area (Å²) in [5.74, 6) is -0.0398. The second-order valence-corrected chi connectivity index (χ2v) is 8.89. The van der Waals surface area contributed by atoms with Crippen molar-refractivity contribution < 1.29 is 16.8 Å². The first-order chi connectivity index (χ1) is 10.3. The molecule has 8 heteroatoms. The fraction of sp³-hybridized carbons (Fsp3) is 0.429.